The number of hydrogen-bond acceptors (Lipinski definition) is 3. The van der Waals surface area contributed by atoms with Gasteiger partial charge in [0.05, 0.1) is 5.54 Å². The molecular weight excluding hydrogens is 226 g/mol. The van der Waals surface area contributed by atoms with Crippen molar-refractivity contribution >= 4 is 5.91 Å². The van der Waals surface area contributed by atoms with E-state index in [9.17, 15) is 4.79 Å². The van der Waals surface area contributed by atoms with E-state index in [0.717, 1.165) is 45.6 Å². The molecule has 0 aromatic heterocycles. The third-order valence-electron chi connectivity index (χ3n) is 4.47. The SMILES string of the molecule is CCCC1(C)C(=O)NCCN1CC1CCCNC1. The molecule has 2 N–H and O–H groups in total. The average Bonchev–Trinajstić information content (AvgIpc) is 2.37. The topological polar surface area (TPSA) is 44.4 Å². The number of nitrogens with one attached hydrogen (secondary N) is 2. The number of amides is 1. The van der Waals surface area contributed by atoms with E-state index in [1.54, 1.807) is 0 Å². The van der Waals surface area contributed by atoms with Gasteiger partial charge in [0.15, 0.2) is 0 Å². The zero-order valence-corrected chi connectivity index (χ0v) is 11.8. The summed E-state index contributed by atoms with van der Waals surface area (Å²) in [6.07, 6.45) is 4.59. The summed E-state index contributed by atoms with van der Waals surface area (Å²) in [6.45, 7) is 9.41. The molecule has 0 saturated carbocycles. The number of hydrogen-bond donors (Lipinski definition) is 2. The van der Waals surface area contributed by atoms with Crippen molar-refractivity contribution < 1.29 is 4.79 Å². The van der Waals surface area contributed by atoms with Crippen LogP contribution >= 0.6 is 0 Å². The highest BCUT2D eigenvalue weighted by Crippen LogP contribution is 2.26. The van der Waals surface area contributed by atoms with Crippen LogP contribution in [0.3, 0.4) is 0 Å². The van der Waals surface area contributed by atoms with Crippen LogP contribution < -0.4 is 10.6 Å². The van der Waals surface area contributed by atoms with Crippen molar-refractivity contribution in [1.29, 1.82) is 0 Å². The minimum Gasteiger partial charge on any atom is -0.353 e. The predicted molar refractivity (Wildman–Crippen MR) is 73.5 cm³/mol. The molecule has 18 heavy (non-hydrogen) atoms. The predicted octanol–water partition coefficient (Wildman–Crippen LogP) is 0.977. The van der Waals surface area contributed by atoms with E-state index >= 15 is 0 Å². The highest BCUT2D eigenvalue weighted by Gasteiger charge is 2.41. The van der Waals surface area contributed by atoms with Gasteiger partial charge in [-0.3, -0.25) is 9.69 Å². The number of piperazine rings is 1. The minimum absolute atomic E-state index is 0.222. The fourth-order valence-corrected chi connectivity index (χ4v) is 3.33. The third-order valence-corrected chi connectivity index (χ3v) is 4.47. The summed E-state index contributed by atoms with van der Waals surface area (Å²) in [4.78, 5) is 14.6. The Balaban J connectivity index is 2.00. The van der Waals surface area contributed by atoms with E-state index in [2.05, 4.69) is 29.4 Å². The summed E-state index contributed by atoms with van der Waals surface area (Å²) in [5, 5.41) is 6.50. The summed E-state index contributed by atoms with van der Waals surface area (Å²) >= 11 is 0. The lowest BCUT2D eigenvalue weighted by Crippen LogP contribution is -2.64. The van der Waals surface area contributed by atoms with E-state index < -0.39 is 0 Å². The Morgan fingerprint density at radius 3 is 2.94 bits per heavy atom. The monoisotopic (exact) mass is 253 g/mol. The van der Waals surface area contributed by atoms with E-state index in [1.165, 1.54) is 12.8 Å². The Kier molecular flexibility index (Phi) is 4.62. The van der Waals surface area contributed by atoms with Gasteiger partial charge in [-0.25, -0.2) is 0 Å². The molecule has 4 heteroatoms. The first kappa shape index (κ1) is 13.8. The summed E-state index contributed by atoms with van der Waals surface area (Å²) in [7, 11) is 0. The fourth-order valence-electron chi connectivity index (χ4n) is 3.33. The fraction of sp³-hybridized carbons (Fsp3) is 0.929. The lowest BCUT2D eigenvalue weighted by atomic mass is 9.88. The van der Waals surface area contributed by atoms with Gasteiger partial charge in [0.25, 0.3) is 0 Å². The van der Waals surface area contributed by atoms with Crippen LogP contribution in [-0.2, 0) is 4.79 Å². The summed E-state index contributed by atoms with van der Waals surface area (Å²) in [5.41, 5.74) is -0.287. The highest BCUT2D eigenvalue weighted by molar-refractivity contribution is 5.86. The highest BCUT2D eigenvalue weighted by atomic mass is 16.2. The van der Waals surface area contributed by atoms with Gasteiger partial charge in [0, 0.05) is 19.6 Å². The van der Waals surface area contributed by atoms with Gasteiger partial charge in [-0.05, 0) is 45.2 Å². The quantitative estimate of drug-likeness (QED) is 0.785. The Bertz CT molecular complexity index is 289. The number of carbonyl (C=O) groups is 1. The maximum atomic E-state index is 12.2. The summed E-state index contributed by atoms with van der Waals surface area (Å²) in [6, 6.07) is 0. The Morgan fingerprint density at radius 1 is 1.44 bits per heavy atom. The molecule has 2 heterocycles. The standard InChI is InChI=1S/C14H27N3O/c1-3-6-14(2)13(18)16-8-9-17(14)11-12-5-4-7-15-10-12/h12,15H,3-11H2,1-2H3,(H,16,18). The molecule has 2 aliphatic rings. The van der Waals surface area contributed by atoms with Crippen molar-refractivity contribution in [3.63, 3.8) is 0 Å². The molecule has 4 nitrogen and oxygen atoms in total. The van der Waals surface area contributed by atoms with Gasteiger partial charge in [0.2, 0.25) is 5.91 Å². The molecule has 0 aliphatic carbocycles. The number of rotatable bonds is 4. The second kappa shape index (κ2) is 6.02. The molecule has 0 aromatic carbocycles. The molecule has 104 valence electrons. The third kappa shape index (κ3) is 2.86. The number of carbonyl (C=O) groups excluding carboxylic acids is 1. The van der Waals surface area contributed by atoms with Crippen molar-refractivity contribution in [3.8, 4) is 0 Å². The van der Waals surface area contributed by atoms with Crippen LogP contribution in [0, 0.1) is 5.92 Å². The summed E-state index contributed by atoms with van der Waals surface area (Å²) < 4.78 is 0. The summed E-state index contributed by atoms with van der Waals surface area (Å²) in [5.74, 6) is 0.931. The molecule has 0 bridgehead atoms. The van der Waals surface area contributed by atoms with Gasteiger partial charge in [-0.2, -0.15) is 0 Å². The van der Waals surface area contributed by atoms with Crippen LogP contribution in [0.5, 0.6) is 0 Å². The Morgan fingerprint density at radius 2 is 2.28 bits per heavy atom. The number of piperidine rings is 1. The molecule has 2 fully saturated rings. The Hall–Kier alpha value is -0.610. The van der Waals surface area contributed by atoms with E-state index in [4.69, 9.17) is 0 Å². The van der Waals surface area contributed by atoms with E-state index in [-0.39, 0.29) is 11.4 Å². The van der Waals surface area contributed by atoms with Gasteiger partial charge in [-0.1, -0.05) is 13.3 Å². The van der Waals surface area contributed by atoms with Crippen LogP contribution in [0.1, 0.15) is 39.5 Å². The molecule has 0 spiro atoms. The molecule has 2 saturated heterocycles. The van der Waals surface area contributed by atoms with Crippen molar-refractivity contribution in [2.24, 2.45) is 5.92 Å². The van der Waals surface area contributed by atoms with Crippen LogP contribution in [0.2, 0.25) is 0 Å². The first-order valence-corrected chi connectivity index (χ1v) is 7.41. The maximum absolute atomic E-state index is 12.2. The molecule has 1 amide bonds. The molecule has 0 radical (unpaired) electrons. The van der Waals surface area contributed by atoms with Crippen LogP contribution in [0.25, 0.3) is 0 Å². The molecule has 2 aliphatic heterocycles. The van der Waals surface area contributed by atoms with Crippen LogP contribution in [0.4, 0.5) is 0 Å². The zero-order valence-electron chi connectivity index (χ0n) is 11.8. The smallest absolute Gasteiger partial charge is 0.240 e. The second-order valence-electron chi connectivity index (χ2n) is 5.94. The largest absolute Gasteiger partial charge is 0.353 e. The van der Waals surface area contributed by atoms with Gasteiger partial charge < -0.3 is 10.6 Å². The minimum atomic E-state index is -0.287. The average molecular weight is 253 g/mol. The lowest BCUT2D eigenvalue weighted by molar-refractivity contribution is -0.137. The normalized spacial score (nSPS) is 34.3. The molecule has 0 aromatic rings. The second-order valence-corrected chi connectivity index (χ2v) is 5.94. The molecule has 2 rings (SSSR count). The molecular formula is C14H27N3O. The molecule has 2 unspecified atom stereocenters. The Labute approximate surface area is 110 Å². The molecule has 2 atom stereocenters. The first-order valence-electron chi connectivity index (χ1n) is 7.41. The van der Waals surface area contributed by atoms with Crippen molar-refractivity contribution in [1.82, 2.24) is 15.5 Å². The van der Waals surface area contributed by atoms with Crippen molar-refractivity contribution in [2.75, 3.05) is 32.7 Å². The van der Waals surface area contributed by atoms with E-state index in [0.29, 0.717) is 5.92 Å². The van der Waals surface area contributed by atoms with Crippen molar-refractivity contribution in [3.05, 3.63) is 0 Å². The lowest BCUT2D eigenvalue weighted by Gasteiger charge is -2.45. The first-order chi connectivity index (χ1) is 8.66. The van der Waals surface area contributed by atoms with E-state index in [1.807, 2.05) is 0 Å². The van der Waals surface area contributed by atoms with Gasteiger partial charge in [-0.15, -0.1) is 0 Å². The van der Waals surface area contributed by atoms with Crippen molar-refractivity contribution in [2.45, 2.75) is 45.1 Å². The van der Waals surface area contributed by atoms with Gasteiger partial charge >= 0.3 is 0 Å². The van der Waals surface area contributed by atoms with Gasteiger partial charge in [0.1, 0.15) is 0 Å². The number of nitrogens with zero attached hydrogens (tertiary/aromatic N) is 1. The zero-order chi connectivity index (χ0) is 13.0. The van der Waals surface area contributed by atoms with Crippen LogP contribution in [0.15, 0.2) is 0 Å². The maximum Gasteiger partial charge on any atom is 0.240 e. The van der Waals surface area contributed by atoms with Crippen LogP contribution in [-0.4, -0.2) is 49.1 Å².